The van der Waals surface area contributed by atoms with Crippen LogP contribution in [0.1, 0.15) is 58.3 Å². The Kier molecular flexibility index (Phi) is 10.3. The lowest BCUT2D eigenvalue weighted by atomic mass is 9.88. The summed E-state index contributed by atoms with van der Waals surface area (Å²) < 4.78 is 0. The minimum Gasteiger partial charge on any atom is -0.356 e. The van der Waals surface area contributed by atoms with E-state index in [1.54, 1.807) is 0 Å². The SMILES string of the molecule is CN=C(NCC(C)CN1CCCC1)NC1CCN(C(=O)C2CCCCC2)C1.I. The fourth-order valence-corrected chi connectivity index (χ4v) is 4.82. The molecular formula is C21H40IN5O. The number of likely N-dealkylation sites (tertiary alicyclic amines) is 2. The Bertz CT molecular complexity index is 503. The Morgan fingerprint density at radius 3 is 2.46 bits per heavy atom. The molecule has 0 aromatic rings. The number of carbonyl (C=O) groups excluding carboxylic acids is 1. The highest BCUT2D eigenvalue weighted by Gasteiger charge is 2.31. The summed E-state index contributed by atoms with van der Waals surface area (Å²) in [6.45, 7) is 8.62. The average Bonchev–Trinajstić information content (AvgIpc) is 3.37. The third-order valence-electron chi connectivity index (χ3n) is 6.41. The molecule has 6 nitrogen and oxygen atoms in total. The van der Waals surface area contributed by atoms with Crippen LogP contribution >= 0.6 is 24.0 Å². The largest absolute Gasteiger partial charge is 0.356 e. The molecule has 3 fully saturated rings. The zero-order valence-electron chi connectivity index (χ0n) is 17.8. The van der Waals surface area contributed by atoms with Crippen molar-refractivity contribution in [2.24, 2.45) is 16.8 Å². The highest BCUT2D eigenvalue weighted by atomic mass is 127. The molecule has 2 aliphatic heterocycles. The molecular weight excluding hydrogens is 465 g/mol. The van der Waals surface area contributed by atoms with Gasteiger partial charge in [-0.05, 0) is 51.1 Å². The average molecular weight is 505 g/mol. The topological polar surface area (TPSA) is 60.0 Å². The molecule has 1 amide bonds. The number of aliphatic imine (C=N–C) groups is 1. The van der Waals surface area contributed by atoms with E-state index in [1.807, 2.05) is 7.05 Å². The number of hydrogen-bond donors (Lipinski definition) is 2. The van der Waals surface area contributed by atoms with E-state index in [1.165, 1.54) is 45.2 Å². The summed E-state index contributed by atoms with van der Waals surface area (Å²) >= 11 is 0. The smallest absolute Gasteiger partial charge is 0.225 e. The van der Waals surface area contributed by atoms with Gasteiger partial charge in [0.05, 0.1) is 0 Å². The van der Waals surface area contributed by atoms with Gasteiger partial charge in [-0.3, -0.25) is 9.79 Å². The quantitative estimate of drug-likeness (QED) is 0.331. The van der Waals surface area contributed by atoms with Crippen LogP contribution in [-0.2, 0) is 4.79 Å². The van der Waals surface area contributed by atoms with Crippen LogP contribution in [0.2, 0.25) is 0 Å². The van der Waals surface area contributed by atoms with Gasteiger partial charge in [-0.1, -0.05) is 26.2 Å². The van der Waals surface area contributed by atoms with Crippen molar-refractivity contribution in [2.75, 3.05) is 46.3 Å². The van der Waals surface area contributed by atoms with E-state index in [4.69, 9.17) is 0 Å². The van der Waals surface area contributed by atoms with Gasteiger partial charge in [-0.25, -0.2) is 0 Å². The fraction of sp³-hybridized carbons (Fsp3) is 0.905. The van der Waals surface area contributed by atoms with Gasteiger partial charge in [0.15, 0.2) is 5.96 Å². The van der Waals surface area contributed by atoms with Crippen LogP contribution in [-0.4, -0.2) is 74.0 Å². The van der Waals surface area contributed by atoms with E-state index >= 15 is 0 Å². The minimum absolute atomic E-state index is 0. The van der Waals surface area contributed by atoms with Crippen molar-refractivity contribution in [3.05, 3.63) is 0 Å². The Hall–Kier alpha value is -0.570. The van der Waals surface area contributed by atoms with Gasteiger partial charge in [0.1, 0.15) is 0 Å². The summed E-state index contributed by atoms with van der Waals surface area (Å²) in [5.41, 5.74) is 0. The van der Waals surface area contributed by atoms with Crippen LogP contribution in [0.3, 0.4) is 0 Å². The predicted octanol–water partition coefficient (Wildman–Crippen LogP) is 2.68. The number of rotatable bonds is 6. The molecule has 0 aromatic heterocycles. The van der Waals surface area contributed by atoms with Crippen molar-refractivity contribution < 1.29 is 4.79 Å². The second-order valence-corrected chi connectivity index (χ2v) is 8.82. The molecule has 3 aliphatic rings. The molecule has 7 heteroatoms. The van der Waals surface area contributed by atoms with E-state index in [0.717, 1.165) is 51.4 Å². The van der Waals surface area contributed by atoms with E-state index in [0.29, 0.717) is 17.9 Å². The molecule has 162 valence electrons. The van der Waals surface area contributed by atoms with Gasteiger partial charge in [0.2, 0.25) is 5.91 Å². The van der Waals surface area contributed by atoms with E-state index in [9.17, 15) is 4.79 Å². The molecule has 2 heterocycles. The highest BCUT2D eigenvalue weighted by Crippen LogP contribution is 2.26. The summed E-state index contributed by atoms with van der Waals surface area (Å²) in [5.74, 6) is 2.15. The number of hydrogen-bond acceptors (Lipinski definition) is 3. The van der Waals surface area contributed by atoms with Crippen molar-refractivity contribution in [2.45, 2.75) is 64.3 Å². The van der Waals surface area contributed by atoms with Gasteiger partial charge in [0, 0.05) is 45.2 Å². The number of amides is 1. The number of halogens is 1. The van der Waals surface area contributed by atoms with E-state index in [-0.39, 0.29) is 29.9 Å². The Balaban J connectivity index is 0.00000280. The molecule has 2 N–H and O–H groups in total. The first kappa shape index (κ1) is 23.7. The van der Waals surface area contributed by atoms with E-state index < -0.39 is 0 Å². The summed E-state index contributed by atoms with van der Waals surface area (Å²) in [4.78, 5) is 21.8. The second kappa shape index (κ2) is 12.2. The maximum absolute atomic E-state index is 12.7. The molecule has 1 saturated carbocycles. The Morgan fingerprint density at radius 1 is 1.07 bits per heavy atom. The minimum atomic E-state index is 0. The number of nitrogens with one attached hydrogen (secondary N) is 2. The molecule has 28 heavy (non-hydrogen) atoms. The summed E-state index contributed by atoms with van der Waals surface area (Å²) in [6.07, 6.45) is 9.63. The van der Waals surface area contributed by atoms with Crippen molar-refractivity contribution in [3.63, 3.8) is 0 Å². The molecule has 0 radical (unpaired) electrons. The molecule has 0 spiro atoms. The fourth-order valence-electron chi connectivity index (χ4n) is 4.82. The lowest BCUT2D eigenvalue weighted by Gasteiger charge is -2.26. The van der Waals surface area contributed by atoms with Gasteiger partial charge < -0.3 is 20.4 Å². The third-order valence-corrected chi connectivity index (χ3v) is 6.41. The number of guanidine groups is 1. The summed E-state index contributed by atoms with van der Waals surface area (Å²) in [7, 11) is 1.83. The molecule has 2 saturated heterocycles. The highest BCUT2D eigenvalue weighted by molar-refractivity contribution is 14.0. The molecule has 0 bridgehead atoms. The van der Waals surface area contributed by atoms with Crippen LogP contribution < -0.4 is 10.6 Å². The number of nitrogens with zero attached hydrogens (tertiary/aromatic N) is 3. The first-order chi connectivity index (χ1) is 13.2. The first-order valence-corrected chi connectivity index (χ1v) is 11.1. The zero-order valence-corrected chi connectivity index (χ0v) is 20.1. The zero-order chi connectivity index (χ0) is 19.1. The molecule has 3 rings (SSSR count). The first-order valence-electron chi connectivity index (χ1n) is 11.1. The van der Waals surface area contributed by atoms with Crippen molar-refractivity contribution in [3.8, 4) is 0 Å². The Labute approximate surface area is 188 Å². The van der Waals surface area contributed by atoms with Crippen molar-refractivity contribution in [1.29, 1.82) is 0 Å². The lowest BCUT2D eigenvalue weighted by Crippen LogP contribution is -2.47. The monoisotopic (exact) mass is 505 g/mol. The van der Waals surface area contributed by atoms with Crippen molar-refractivity contribution >= 4 is 35.8 Å². The van der Waals surface area contributed by atoms with Crippen LogP contribution in [0.5, 0.6) is 0 Å². The maximum atomic E-state index is 12.7. The second-order valence-electron chi connectivity index (χ2n) is 8.82. The van der Waals surface area contributed by atoms with Crippen LogP contribution in [0, 0.1) is 11.8 Å². The van der Waals surface area contributed by atoms with Crippen LogP contribution in [0.4, 0.5) is 0 Å². The Morgan fingerprint density at radius 2 is 1.79 bits per heavy atom. The molecule has 0 aromatic carbocycles. The van der Waals surface area contributed by atoms with E-state index in [2.05, 4.69) is 32.3 Å². The van der Waals surface area contributed by atoms with Gasteiger partial charge in [-0.2, -0.15) is 0 Å². The van der Waals surface area contributed by atoms with Crippen LogP contribution in [0.15, 0.2) is 4.99 Å². The van der Waals surface area contributed by atoms with Gasteiger partial charge in [0.25, 0.3) is 0 Å². The summed E-state index contributed by atoms with van der Waals surface area (Å²) in [6, 6.07) is 0.317. The van der Waals surface area contributed by atoms with Crippen molar-refractivity contribution in [1.82, 2.24) is 20.4 Å². The predicted molar refractivity (Wildman–Crippen MR) is 126 cm³/mol. The summed E-state index contributed by atoms with van der Waals surface area (Å²) in [5, 5.41) is 7.02. The molecule has 2 atom stereocenters. The molecule has 1 aliphatic carbocycles. The van der Waals surface area contributed by atoms with Gasteiger partial charge >= 0.3 is 0 Å². The molecule has 2 unspecified atom stereocenters. The third kappa shape index (κ3) is 7.04. The lowest BCUT2D eigenvalue weighted by molar-refractivity contribution is -0.135. The maximum Gasteiger partial charge on any atom is 0.225 e. The standard InChI is InChI=1S/C21H39N5O.HI/c1-17(15-25-11-6-7-12-25)14-23-21(22-2)24-19-10-13-26(16-19)20(27)18-8-4-3-5-9-18;/h17-19H,3-16H2,1-2H3,(H2,22,23,24);1H. The normalized spacial score (nSPS) is 25.4. The van der Waals surface area contributed by atoms with Crippen LogP contribution in [0.25, 0.3) is 0 Å². The van der Waals surface area contributed by atoms with Gasteiger partial charge in [-0.15, -0.1) is 24.0 Å². The number of carbonyl (C=O) groups is 1.